The third kappa shape index (κ3) is 2.38. The van der Waals surface area contributed by atoms with E-state index in [-0.39, 0.29) is 6.42 Å². The fourth-order valence-corrected chi connectivity index (χ4v) is 1.77. The molecular weight excluding hydrogens is 228 g/mol. The van der Waals surface area contributed by atoms with Gasteiger partial charge in [-0.3, -0.25) is 0 Å². The Balaban J connectivity index is 3.19. The summed E-state index contributed by atoms with van der Waals surface area (Å²) < 4.78 is 10.2. The molecule has 1 rings (SSSR count). The topological polar surface area (TPSA) is 68.3 Å². The van der Waals surface area contributed by atoms with Gasteiger partial charge in [0.05, 0.1) is 31.7 Å². The minimum Gasteiger partial charge on any atom is -0.493 e. The first-order valence-electron chi connectivity index (χ1n) is 4.68. The van der Waals surface area contributed by atoms with Crippen LogP contribution >= 0.6 is 11.6 Å². The molecule has 86 valence electrons. The molecule has 16 heavy (non-hydrogen) atoms. The number of nitrogens with two attached hydrogens (primary N) is 1. The van der Waals surface area contributed by atoms with E-state index in [9.17, 15) is 0 Å². The summed E-state index contributed by atoms with van der Waals surface area (Å²) in [6, 6.07) is 5.05. The predicted molar refractivity (Wildman–Crippen MR) is 61.7 cm³/mol. The fraction of sp³-hybridized carbons (Fsp3) is 0.364. The largest absolute Gasteiger partial charge is 0.493 e. The molecule has 0 spiro atoms. The number of hydrogen-bond acceptors (Lipinski definition) is 4. The lowest BCUT2D eigenvalue weighted by atomic mass is 10.0. The summed E-state index contributed by atoms with van der Waals surface area (Å²) in [6.07, 6.45) is 0.204. The number of nitrogens with zero attached hydrogens (tertiary/aromatic N) is 1. The number of rotatable bonds is 4. The maximum absolute atomic E-state index is 8.59. The van der Waals surface area contributed by atoms with Crippen molar-refractivity contribution < 1.29 is 9.47 Å². The monoisotopic (exact) mass is 240 g/mol. The van der Waals surface area contributed by atoms with Gasteiger partial charge in [-0.15, -0.1) is 0 Å². The normalized spacial score (nSPS) is 11.7. The van der Waals surface area contributed by atoms with Crippen LogP contribution in [-0.2, 0) is 0 Å². The molecule has 0 bridgehead atoms. The number of ether oxygens (including phenoxy) is 2. The van der Waals surface area contributed by atoms with Crippen LogP contribution in [0.25, 0.3) is 0 Å². The van der Waals surface area contributed by atoms with E-state index in [1.54, 1.807) is 12.1 Å². The van der Waals surface area contributed by atoms with E-state index in [1.165, 1.54) is 14.2 Å². The smallest absolute Gasteiger partial charge is 0.179 e. The SMILES string of the molecule is COc1ccc([C@@H](N)CC#N)c(Cl)c1OC. The van der Waals surface area contributed by atoms with Gasteiger partial charge in [0.15, 0.2) is 11.5 Å². The summed E-state index contributed by atoms with van der Waals surface area (Å²) in [6.45, 7) is 0. The molecule has 4 nitrogen and oxygen atoms in total. The van der Waals surface area contributed by atoms with Crippen molar-refractivity contribution in [2.24, 2.45) is 5.73 Å². The number of benzene rings is 1. The first kappa shape index (κ1) is 12.6. The first-order chi connectivity index (χ1) is 7.65. The zero-order valence-corrected chi connectivity index (χ0v) is 9.91. The Hall–Kier alpha value is -1.44. The summed E-state index contributed by atoms with van der Waals surface area (Å²) in [7, 11) is 3.03. The van der Waals surface area contributed by atoms with Crippen molar-refractivity contribution >= 4 is 11.6 Å². The van der Waals surface area contributed by atoms with Crippen LogP contribution in [0, 0.1) is 11.3 Å². The van der Waals surface area contributed by atoms with Crippen LogP contribution in [0.2, 0.25) is 5.02 Å². The van der Waals surface area contributed by atoms with E-state index in [1.807, 2.05) is 6.07 Å². The van der Waals surface area contributed by atoms with Gasteiger partial charge >= 0.3 is 0 Å². The molecular formula is C11H13ClN2O2. The van der Waals surface area contributed by atoms with E-state index in [0.717, 1.165) is 0 Å². The van der Waals surface area contributed by atoms with E-state index in [2.05, 4.69) is 0 Å². The molecule has 5 heteroatoms. The average molecular weight is 241 g/mol. The van der Waals surface area contributed by atoms with Crippen molar-refractivity contribution in [2.75, 3.05) is 14.2 Å². The second-order valence-corrected chi connectivity index (χ2v) is 3.55. The zero-order valence-electron chi connectivity index (χ0n) is 9.16. The van der Waals surface area contributed by atoms with Crippen molar-refractivity contribution in [3.63, 3.8) is 0 Å². The van der Waals surface area contributed by atoms with Crippen molar-refractivity contribution in [2.45, 2.75) is 12.5 Å². The molecule has 0 saturated carbocycles. The van der Waals surface area contributed by atoms with Crippen molar-refractivity contribution in [1.29, 1.82) is 5.26 Å². The lowest BCUT2D eigenvalue weighted by molar-refractivity contribution is 0.354. The predicted octanol–water partition coefficient (Wildman–Crippen LogP) is 2.27. The molecule has 1 aromatic carbocycles. The van der Waals surface area contributed by atoms with Gasteiger partial charge in [-0.2, -0.15) is 5.26 Å². The standard InChI is InChI=1S/C11H13ClN2O2/c1-15-9-4-3-7(8(14)5-6-13)10(12)11(9)16-2/h3-4,8H,5,14H2,1-2H3/t8-/m0/s1. The van der Waals surface area contributed by atoms with Gasteiger partial charge in [0.2, 0.25) is 0 Å². The molecule has 2 N–H and O–H groups in total. The lowest BCUT2D eigenvalue weighted by Gasteiger charge is -2.15. The zero-order chi connectivity index (χ0) is 12.1. The molecule has 0 radical (unpaired) electrons. The molecule has 0 heterocycles. The summed E-state index contributed by atoms with van der Waals surface area (Å²) in [5, 5.41) is 8.98. The molecule has 0 aliphatic heterocycles. The maximum Gasteiger partial charge on any atom is 0.179 e. The van der Waals surface area contributed by atoms with E-state index in [4.69, 9.17) is 32.1 Å². The van der Waals surface area contributed by atoms with Gasteiger partial charge in [-0.25, -0.2) is 0 Å². The Kier molecular flexibility index (Phi) is 4.41. The summed E-state index contributed by atoms with van der Waals surface area (Å²) in [5.74, 6) is 0.982. The van der Waals surface area contributed by atoms with Gasteiger partial charge in [0, 0.05) is 6.04 Å². The molecule has 0 aromatic heterocycles. The van der Waals surface area contributed by atoms with E-state index < -0.39 is 6.04 Å². The number of halogens is 1. The molecule has 0 unspecified atom stereocenters. The summed E-state index contributed by atoms with van der Waals surface area (Å²) in [5.41, 5.74) is 6.50. The molecule has 1 aromatic rings. The van der Waals surface area contributed by atoms with Gasteiger partial charge in [-0.05, 0) is 11.6 Å². The van der Waals surface area contributed by atoms with Gasteiger partial charge in [0.25, 0.3) is 0 Å². The highest BCUT2D eigenvalue weighted by atomic mass is 35.5. The van der Waals surface area contributed by atoms with E-state index in [0.29, 0.717) is 22.1 Å². The van der Waals surface area contributed by atoms with Gasteiger partial charge < -0.3 is 15.2 Å². The highest BCUT2D eigenvalue weighted by molar-refractivity contribution is 6.33. The molecule has 0 saturated heterocycles. The van der Waals surface area contributed by atoms with E-state index >= 15 is 0 Å². The number of methoxy groups -OCH3 is 2. The Bertz CT molecular complexity index is 415. The second-order valence-electron chi connectivity index (χ2n) is 3.17. The molecule has 0 aliphatic rings. The quantitative estimate of drug-likeness (QED) is 0.877. The van der Waals surface area contributed by atoms with Crippen LogP contribution in [-0.4, -0.2) is 14.2 Å². The summed E-state index contributed by atoms with van der Waals surface area (Å²) >= 11 is 6.13. The van der Waals surface area contributed by atoms with Gasteiger partial charge in [-0.1, -0.05) is 17.7 Å². The highest BCUT2D eigenvalue weighted by Gasteiger charge is 2.17. The fourth-order valence-electron chi connectivity index (χ4n) is 1.40. The lowest BCUT2D eigenvalue weighted by Crippen LogP contribution is -2.10. The Morgan fingerprint density at radius 2 is 2.12 bits per heavy atom. The first-order valence-corrected chi connectivity index (χ1v) is 5.06. The second kappa shape index (κ2) is 5.59. The van der Waals surface area contributed by atoms with Crippen LogP contribution < -0.4 is 15.2 Å². The maximum atomic E-state index is 8.59. The molecule has 0 amide bonds. The minimum absolute atomic E-state index is 0.204. The van der Waals surface area contributed by atoms with Crippen molar-refractivity contribution in [3.05, 3.63) is 22.7 Å². The van der Waals surface area contributed by atoms with Crippen LogP contribution in [0.15, 0.2) is 12.1 Å². The van der Waals surface area contributed by atoms with Crippen LogP contribution in [0.3, 0.4) is 0 Å². The van der Waals surface area contributed by atoms with Crippen molar-refractivity contribution in [3.8, 4) is 17.6 Å². The van der Waals surface area contributed by atoms with Gasteiger partial charge in [0.1, 0.15) is 0 Å². The average Bonchev–Trinajstić information content (AvgIpc) is 2.28. The third-order valence-electron chi connectivity index (χ3n) is 2.23. The Morgan fingerprint density at radius 1 is 1.44 bits per heavy atom. The number of nitriles is 1. The van der Waals surface area contributed by atoms with Crippen LogP contribution in [0.5, 0.6) is 11.5 Å². The van der Waals surface area contributed by atoms with Crippen LogP contribution in [0.1, 0.15) is 18.0 Å². The Labute approximate surface area is 99.5 Å². The highest BCUT2D eigenvalue weighted by Crippen LogP contribution is 2.39. The Morgan fingerprint density at radius 3 is 2.62 bits per heavy atom. The molecule has 0 fully saturated rings. The number of hydrogen-bond donors (Lipinski definition) is 1. The summed E-state index contributed by atoms with van der Waals surface area (Å²) in [4.78, 5) is 0. The van der Waals surface area contributed by atoms with Crippen molar-refractivity contribution in [1.82, 2.24) is 0 Å². The third-order valence-corrected chi connectivity index (χ3v) is 2.62. The minimum atomic E-state index is -0.419. The molecule has 0 aliphatic carbocycles. The molecule has 1 atom stereocenters. The van der Waals surface area contributed by atoms with Crippen LogP contribution in [0.4, 0.5) is 0 Å².